The first-order valence-electron chi connectivity index (χ1n) is 7.14. The van der Waals surface area contributed by atoms with Gasteiger partial charge in [0.25, 0.3) is 0 Å². The van der Waals surface area contributed by atoms with Gasteiger partial charge in [0, 0.05) is 12.1 Å². The van der Waals surface area contributed by atoms with E-state index in [0.29, 0.717) is 6.42 Å². The van der Waals surface area contributed by atoms with E-state index in [1.165, 1.54) is 16.3 Å². The lowest BCUT2D eigenvalue weighted by Gasteiger charge is -2.07. The Hall–Kier alpha value is -2.61. The predicted octanol–water partition coefficient (Wildman–Crippen LogP) is 4.41. The summed E-state index contributed by atoms with van der Waals surface area (Å²) in [5, 5.41) is 5.37. The van der Waals surface area contributed by atoms with Crippen molar-refractivity contribution in [2.75, 3.05) is 5.32 Å². The van der Waals surface area contributed by atoms with Crippen LogP contribution in [0.2, 0.25) is 0 Å². The van der Waals surface area contributed by atoms with E-state index in [0.717, 1.165) is 12.1 Å². The Morgan fingerprint density at radius 3 is 2.38 bits per heavy atom. The summed E-state index contributed by atoms with van der Waals surface area (Å²) >= 11 is 0. The van der Waals surface area contributed by atoms with Gasteiger partial charge in [-0.05, 0) is 34.9 Å². The van der Waals surface area contributed by atoms with Gasteiger partial charge in [-0.1, -0.05) is 60.7 Å². The largest absolute Gasteiger partial charge is 0.326 e. The van der Waals surface area contributed by atoms with Crippen molar-refractivity contribution in [3.8, 4) is 0 Å². The second-order valence-corrected chi connectivity index (χ2v) is 5.05. The molecule has 3 rings (SSSR count). The molecule has 0 bridgehead atoms. The molecule has 21 heavy (non-hydrogen) atoms. The Bertz CT molecular complexity index is 744. The van der Waals surface area contributed by atoms with Crippen molar-refractivity contribution in [3.05, 3.63) is 78.4 Å². The fourth-order valence-corrected chi connectivity index (χ4v) is 2.50. The minimum atomic E-state index is 0.0501. The van der Waals surface area contributed by atoms with Gasteiger partial charge in [0.1, 0.15) is 0 Å². The van der Waals surface area contributed by atoms with E-state index in [2.05, 4.69) is 29.6 Å². The highest BCUT2D eigenvalue weighted by Crippen LogP contribution is 2.19. The van der Waals surface area contributed by atoms with Crippen molar-refractivity contribution < 1.29 is 4.79 Å². The summed E-state index contributed by atoms with van der Waals surface area (Å²) in [6.07, 6.45) is 1.24. The lowest BCUT2D eigenvalue weighted by molar-refractivity contribution is -0.116. The van der Waals surface area contributed by atoms with Gasteiger partial charge >= 0.3 is 0 Å². The van der Waals surface area contributed by atoms with Crippen molar-refractivity contribution in [2.24, 2.45) is 0 Å². The van der Waals surface area contributed by atoms with Gasteiger partial charge in [0.15, 0.2) is 0 Å². The number of fused-ring (bicyclic) bond motifs is 1. The fourth-order valence-electron chi connectivity index (χ4n) is 2.50. The summed E-state index contributed by atoms with van der Waals surface area (Å²) in [4.78, 5) is 12.0. The monoisotopic (exact) mass is 275 g/mol. The summed E-state index contributed by atoms with van der Waals surface area (Å²) in [6, 6.07) is 24.1. The van der Waals surface area contributed by atoms with Crippen LogP contribution in [0.4, 0.5) is 5.69 Å². The fraction of sp³-hybridized carbons (Fsp3) is 0.105. The van der Waals surface area contributed by atoms with Crippen molar-refractivity contribution >= 4 is 22.4 Å². The molecule has 2 nitrogen and oxygen atoms in total. The number of rotatable bonds is 4. The predicted molar refractivity (Wildman–Crippen MR) is 87.3 cm³/mol. The average Bonchev–Trinajstić information content (AvgIpc) is 2.54. The summed E-state index contributed by atoms with van der Waals surface area (Å²) in [6.45, 7) is 0. The molecule has 0 aromatic heterocycles. The third kappa shape index (κ3) is 3.29. The highest BCUT2D eigenvalue weighted by Gasteiger charge is 2.05. The van der Waals surface area contributed by atoms with Crippen LogP contribution < -0.4 is 5.32 Å². The van der Waals surface area contributed by atoms with Crippen LogP contribution in [0.3, 0.4) is 0 Å². The highest BCUT2D eigenvalue weighted by atomic mass is 16.1. The number of carbonyl (C=O) groups is 1. The summed E-state index contributed by atoms with van der Waals surface area (Å²) in [5.41, 5.74) is 2.07. The lowest BCUT2D eigenvalue weighted by atomic mass is 10.0. The van der Waals surface area contributed by atoms with Gasteiger partial charge in [0.05, 0.1) is 0 Å². The van der Waals surface area contributed by atoms with Crippen molar-refractivity contribution in [3.63, 3.8) is 0 Å². The van der Waals surface area contributed by atoms with Crippen LogP contribution in [-0.2, 0) is 11.2 Å². The van der Waals surface area contributed by atoms with Crippen LogP contribution in [0, 0.1) is 0 Å². The van der Waals surface area contributed by atoms with Crippen molar-refractivity contribution in [2.45, 2.75) is 12.8 Å². The highest BCUT2D eigenvalue weighted by molar-refractivity contribution is 5.91. The Kier molecular flexibility index (Phi) is 3.97. The molecule has 0 aliphatic carbocycles. The van der Waals surface area contributed by atoms with Crippen LogP contribution in [0.15, 0.2) is 72.8 Å². The first-order chi connectivity index (χ1) is 10.3. The van der Waals surface area contributed by atoms with Crippen LogP contribution in [-0.4, -0.2) is 5.91 Å². The molecule has 0 saturated carbocycles. The first-order valence-corrected chi connectivity index (χ1v) is 7.14. The molecular weight excluding hydrogens is 258 g/mol. The molecular formula is C19H17NO. The number of amides is 1. The molecule has 0 saturated heterocycles. The first kappa shape index (κ1) is 13.4. The zero-order chi connectivity index (χ0) is 14.5. The molecule has 0 fully saturated rings. The van der Waals surface area contributed by atoms with Crippen LogP contribution >= 0.6 is 0 Å². The molecule has 104 valence electrons. The lowest BCUT2D eigenvalue weighted by Crippen LogP contribution is -2.12. The molecule has 0 atom stereocenters. The quantitative estimate of drug-likeness (QED) is 0.750. The molecule has 0 aliphatic heterocycles. The van der Waals surface area contributed by atoms with E-state index in [9.17, 15) is 4.79 Å². The maximum atomic E-state index is 12.0. The van der Waals surface area contributed by atoms with E-state index in [1.54, 1.807) is 0 Å². The smallest absolute Gasteiger partial charge is 0.224 e. The number of hydrogen-bond acceptors (Lipinski definition) is 1. The maximum absolute atomic E-state index is 12.0. The SMILES string of the molecule is O=C(CCc1cccc2ccccc12)Nc1ccccc1. The normalized spacial score (nSPS) is 10.5. The summed E-state index contributed by atoms with van der Waals surface area (Å²) in [7, 11) is 0. The Labute approximate surface area is 124 Å². The van der Waals surface area contributed by atoms with E-state index < -0.39 is 0 Å². The maximum Gasteiger partial charge on any atom is 0.224 e. The number of hydrogen-bond donors (Lipinski definition) is 1. The standard InChI is InChI=1S/C19H17NO/c21-19(20-17-10-2-1-3-11-17)14-13-16-9-6-8-15-7-4-5-12-18(15)16/h1-12H,13-14H2,(H,20,21). The Morgan fingerprint density at radius 2 is 1.52 bits per heavy atom. The van der Waals surface area contributed by atoms with E-state index in [1.807, 2.05) is 48.5 Å². The molecule has 2 heteroatoms. The molecule has 1 N–H and O–H groups in total. The summed E-state index contributed by atoms with van der Waals surface area (Å²) in [5.74, 6) is 0.0501. The molecule has 0 radical (unpaired) electrons. The van der Waals surface area contributed by atoms with Gasteiger partial charge in [-0.3, -0.25) is 4.79 Å². The molecule has 3 aromatic rings. The third-order valence-corrected chi connectivity index (χ3v) is 3.56. The number of para-hydroxylation sites is 1. The van der Waals surface area contributed by atoms with Gasteiger partial charge in [0.2, 0.25) is 5.91 Å². The average molecular weight is 275 g/mol. The molecule has 3 aromatic carbocycles. The van der Waals surface area contributed by atoms with Crippen LogP contribution in [0.25, 0.3) is 10.8 Å². The van der Waals surface area contributed by atoms with E-state index in [4.69, 9.17) is 0 Å². The molecule has 0 heterocycles. The Balaban J connectivity index is 1.68. The number of aryl methyl sites for hydroxylation is 1. The number of nitrogens with one attached hydrogen (secondary N) is 1. The zero-order valence-electron chi connectivity index (χ0n) is 11.8. The van der Waals surface area contributed by atoms with Crippen molar-refractivity contribution in [1.82, 2.24) is 0 Å². The number of benzene rings is 3. The topological polar surface area (TPSA) is 29.1 Å². The van der Waals surface area contributed by atoms with Gasteiger partial charge in [-0.15, -0.1) is 0 Å². The third-order valence-electron chi connectivity index (χ3n) is 3.56. The number of anilines is 1. The molecule has 0 unspecified atom stereocenters. The summed E-state index contributed by atoms with van der Waals surface area (Å²) < 4.78 is 0. The van der Waals surface area contributed by atoms with Gasteiger partial charge < -0.3 is 5.32 Å². The van der Waals surface area contributed by atoms with Gasteiger partial charge in [-0.25, -0.2) is 0 Å². The van der Waals surface area contributed by atoms with E-state index >= 15 is 0 Å². The number of carbonyl (C=O) groups excluding carboxylic acids is 1. The van der Waals surface area contributed by atoms with Crippen LogP contribution in [0.1, 0.15) is 12.0 Å². The second kappa shape index (κ2) is 6.23. The molecule has 0 aliphatic rings. The van der Waals surface area contributed by atoms with Crippen molar-refractivity contribution in [1.29, 1.82) is 0 Å². The van der Waals surface area contributed by atoms with Crippen LogP contribution in [0.5, 0.6) is 0 Å². The van der Waals surface area contributed by atoms with E-state index in [-0.39, 0.29) is 5.91 Å². The minimum Gasteiger partial charge on any atom is -0.326 e. The molecule has 1 amide bonds. The minimum absolute atomic E-state index is 0.0501. The molecule has 0 spiro atoms. The van der Waals surface area contributed by atoms with Gasteiger partial charge in [-0.2, -0.15) is 0 Å². The Morgan fingerprint density at radius 1 is 0.810 bits per heavy atom. The zero-order valence-corrected chi connectivity index (χ0v) is 11.8. The second-order valence-electron chi connectivity index (χ2n) is 5.05.